The maximum Gasteiger partial charge on any atom is 0.261 e. The number of nitrogens with one attached hydrogen (secondary N) is 1. The molecule has 2 aromatic carbocycles. The van der Waals surface area contributed by atoms with E-state index in [0.29, 0.717) is 43.9 Å². The SMILES string of the molecule is Cc1ccccc1NS(=O)(=O)c1ccc(C(=O)N2CCN(C3CCS(=O)(=O)C3)CC2)cc1. The zero-order valence-electron chi connectivity index (χ0n) is 17.9. The van der Waals surface area contributed by atoms with Gasteiger partial charge in [0.2, 0.25) is 0 Å². The molecule has 0 bridgehead atoms. The summed E-state index contributed by atoms with van der Waals surface area (Å²) < 4.78 is 51.4. The number of carbonyl (C=O) groups excluding carboxylic acids is 1. The number of amides is 1. The summed E-state index contributed by atoms with van der Waals surface area (Å²) in [4.78, 5) is 16.8. The van der Waals surface area contributed by atoms with Crippen molar-refractivity contribution >= 4 is 31.5 Å². The molecule has 0 aliphatic carbocycles. The molecule has 2 fully saturated rings. The lowest BCUT2D eigenvalue weighted by Gasteiger charge is -2.37. The smallest absolute Gasteiger partial charge is 0.261 e. The Labute approximate surface area is 189 Å². The summed E-state index contributed by atoms with van der Waals surface area (Å²) >= 11 is 0. The molecule has 1 N–H and O–H groups in total. The van der Waals surface area contributed by atoms with Crippen LogP contribution in [0.3, 0.4) is 0 Å². The van der Waals surface area contributed by atoms with Crippen LogP contribution in [-0.4, -0.2) is 76.3 Å². The van der Waals surface area contributed by atoms with E-state index in [1.54, 1.807) is 17.0 Å². The van der Waals surface area contributed by atoms with Crippen LogP contribution in [0.15, 0.2) is 53.4 Å². The minimum atomic E-state index is -3.76. The molecule has 0 saturated carbocycles. The molecule has 1 amide bonds. The van der Waals surface area contributed by atoms with Crippen molar-refractivity contribution in [2.24, 2.45) is 0 Å². The van der Waals surface area contributed by atoms with Crippen LogP contribution in [0.25, 0.3) is 0 Å². The van der Waals surface area contributed by atoms with Crippen LogP contribution in [-0.2, 0) is 19.9 Å². The van der Waals surface area contributed by atoms with Gasteiger partial charge in [0.15, 0.2) is 9.84 Å². The summed E-state index contributed by atoms with van der Waals surface area (Å²) in [5.74, 6) is 0.289. The molecule has 0 spiro atoms. The number of para-hydroxylation sites is 1. The zero-order valence-corrected chi connectivity index (χ0v) is 19.5. The highest BCUT2D eigenvalue weighted by atomic mass is 32.2. The number of sulfone groups is 1. The first kappa shape index (κ1) is 22.8. The van der Waals surface area contributed by atoms with E-state index in [4.69, 9.17) is 0 Å². The molecule has 1 unspecified atom stereocenters. The fourth-order valence-electron chi connectivity index (χ4n) is 4.20. The monoisotopic (exact) mass is 477 g/mol. The number of hydrogen-bond donors (Lipinski definition) is 1. The van der Waals surface area contributed by atoms with Crippen molar-refractivity contribution in [3.05, 3.63) is 59.7 Å². The van der Waals surface area contributed by atoms with Crippen molar-refractivity contribution in [3.63, 3.8) is 0 Å². The van der Waals surface area contributed by atoms with E-state index in [2.05, 4.69) is 9.62 Å². The molecule has 10 heteroatoms. The normalized spacial score (nSPS) is 21.4. The van der Waals surface area contributed by atoms with Gasteiger partial charge in [-0.25, -0.2) is 16.8 Å². The molecular weight excluding hydrogens is 450 g/mol. The molecule has 0 aromatic heterocycles. The maximum atomic E-state index is 12.9. The number of rotatable bonds is 5. The number of nitrogens with zero attached hydrogens (tertiary/aromatic N) is 2. The first-order valence-electron chi connectivity index (χ1n) is 10.6. The van der Waals surface area contributed by atoms with Gasteiger partial charge < -0.3 is 4.90 Å². The van der Waals surface area contributed by atoms with E-state index >= 15 is 0 Å². The van der Waals surface area contributed by atoms with Gasteiger partial charge in [-0.05, 0) is 49.2 Å². The summed E-state index contributed by atoms with van der Waals surface area (Å²) in [7, 11) is -6.69. The minimum absolute atomic E-state index is 0.0440. The Morgan fingerprint density at radius 2 is 1.66 bits per heavy atom. The van der Waals surface area contributed by atoms with Crippen molar-refractivity contribution in [2.45, 2.75) is 24.3 Å². The second-order valence-electron chi connectivity index (χ2n) is 8.33. The van der Waals surface area contributed by atoms with Gasteiger partial charge in [0, 0.05) is 37.8 Å². The van der Waals surface area contributed by atoms with Crippen LogP contribution in [0.1, 0.15) is 22.3 Å². The van der Waals surface area contributed by atoms with Gasteiger partial charge in [-0.15, -0.1) is 0 Å². The summed E-state index contributed by atoms with van der Waals surface area (Å²) in [5.41, 5.74) is 1.76. The number of anilines is 1. The second-order valence-corrected chi connectivity index (χ2v) is 12.2. The van der Waals surface area contributed by atoms with Crippen LogP contribution in [0.2, 0.25) is 0 Å². The highest BCUT2D eigenvalue weighted by molar-refractivity contribution is 7.92. The Bertz CT molecular complexity index is 1200. The number of hydrogen-bond acceptors (Lipinski definition) is 6. The maximum absolute atomic E-state index is 12.9. The lowest BCUT2D eigenvalue weighted by atomic mass is 10.1. The molecule has 4 rings (SSSR count). The van der Waals surface area contributed by atoms with Gasteiger partial charge in [-0.2, -0.15) is 0 Å². The number of sulfonamides is 1. The number of piperazine rings is 1. The third-order valence-corrected chi connectivity index (χ3v) is 9.26. The van der Waals surface area contributed by atoms with E-state index in [9.17, 15) is 21.6 Å². The third-order valence-electron chi connectivity index (χ3n) is 6.13. The van der Waals surface area contributed by atoms with Crippen LogP contribution >= 0.6 is 0 Å². The zero-order chi connectivity index (χ0) is 22.9. The summed E-state index contributed by atoms with van der Waals surface area (Å²) in [5, 5.41) is 0. The second kappa shape index (κ2) is 8.84. The molecule has 2 saturated heterocycles. The lowest BCUT2D eigenvalue weighted by molar-refractivity contribution is 0.0587. The molecule has 2 aliphatic heterocycles. The first-order chi connectivity index (χ1) is 15.1. The molecule has 0 radical (unpaired) electrons. The summed E-state index contributed by atoms with van der Waals surface area (Å²) in [6, 6.07) is 13.1. The predicted molar refractivity (Wildman–Crippen MR) is 123 cm³/mol. The van der Waals surface area contributed by atoms with Gasteiger partial charge in [0.1, 0.15) is 0 Å². The lowest BCUT2D eigenvalue weighted by Crippen LogP contribution is -2.52. The van der Waals surface area contributed by atoms with Crippen molar-refractivity contribution in [1.29, 1.82) is 0 Å². The Morgan fingerprint density at radius 1 is 1.00 bits per heavy atom. The number of benzene rings is 2. The molecule has 8 nitrogen and oxygen atoms in total. The van der Waals surface area contributed by atoms with Gasteiger partial charge in [-0.3, -0.25) is 14.4 Å². The minimum Gasteiger partial charge on any atom is -0.336 e. The van der Waals surface area contributed by atoms with Crippen molar-refractivity contribution in [3.8, 4) is 0 Å². The Morgan fingerprint density at radius 3 is 2.25 bits per heavy atom. The van der Waals surface area contributed by atoms with Crippen molar-refractivity contribution < 1.29 is 21.6 Å². The molecule has 1 atom stereocenters. The van der Waals surface area contributed by atoms with E-state index in [1.165, 1.54) is 24.3 Å². The quantitative estimate of drug-likeness (QED) is 0.704. The van der Waals surface area contributed by atoms with Gasteiger partial charge in [0.05, 0.1) is 22.1 Å². The van der Waals surface area contributed by atoms with E-state index in [0.717, 1.165) is 5.56 Å². The topological polar surface area (TPSA) is 104 Å². The third kappa shape index (κ3) is 4.97. The van der Waals surface area contributed by atoms with E-state index in [1.807, 2.05) is 19.1 Å². The summed E-state index contributed by atoms with van der Waals surface area (Å²) in [6.45, 7) is 4.14. The fraction of sp³-hybridized carbons (Fsp3) is 0.409. The largest absolute Gasteiger partial charge is 0.336 e. The number of aryl methyl sites for hydroxylation is 1. The standard InChI is InChI=1S/C22H27N3O5S2/c1-17-4-2-3-5-21(17)23-32(29,30)20-8-6-18(7-9-20)22(26)25-13-11-24(12-14-25)19-10-15-31(27,28)16-19/h2-9,19,23H,10-16H2,1H3. The molecular formula is C22H27N3O5S2. The highest BCUT2D eigenvalue weighted by Crippen LogP contribution is 2.22. The number of carbonyl (C=O) groups is 1. The fourth-order valence-corrected chi connectivity index (χ4v) is 7.10. The van der Waals surface area contributed by atoms with Crippen LogP contribution in [0.5, 0.6) is 0 Å². The van der Waals surface area contributed by atoms with Crippen LogP contribution in [0.4, 0.5) is 5.69 Å². The molecule has 172 valence electrons. The Balaban J connectivity index is 1.38. The molecule has 2 aliphatic rings. The van der Waals surface area contributed by atoms with Crippen LogP contribution in [0, 0.1) is 6.92 Å². The van der Waals surface area contributed by atoms with Gasteiger partial charge in [0.25, 0.3) is 15.9 Å². The predicted octanol–water partition coefficient (Wildman–Crippen LogP) is 1.74. The highest BCUT2D eigenvalue weighted by Gasteiger charge is 2.34. The molecule has 2 heterocycles. The van der Waals surface area contributed by atoms with Crippen LogP contribution < -0.4 is 4.72 Å². The molecule has 2 aromatic rings. The van der Waals surface area contributed by atoms with Gasteiger partial charge in [-0.1, -0.05) is 18.2 Å². The Kier molecular flexibility index (Phi) is 6.28. The average molecular weight is 478 g/mol. The Hall–Kier alpha value is -2.43. The van der Waals surface area contributed by atoms with Crippen molar-refractivity contribution in [1.82, 2.24) is 9.80 Å². The van der Waals surface area contributed by atoms with E-state index < -0.39 is 19.9 Å². The van der Waals surface area contributed by atoms with E-state index in [-0.39, 0.29) is 28.4 Å². The first-order valence-corrected chi connectivity index (χ1v) is 13.9. The average Bonchev–Trinajstić information content (AvgIpc) is 3.14. The van der Waals surface area contributed by atoms with Crippen molar-refractivity contribution in [2.75, 3.05) is 42.4 Å². The molecule has 32 heavy (non-hydrogen) atoms. The summed E-state index contributed by atoms with van der Waals surface area (Å²) in [6.07, 6.45) is 0.656. The van der Waals surface area contributed by atoms with Gasteiger partial charge >= 0.3 is 0 Å².